The first-order valence-corrected chi connectivity index (χ1v) is 6.77. The first-order chi connectivity index (χ1) is 10.4. The highest BCUT2D eigenvalue weighted by atomic mass is 19.4. The van der Waals surface area contributed by atoms with E-state index in [0.29, 0.717) is 37.3 Å². The minimum atomic E-state index is -6.13. The molecule has 4 N–H and O–H groups in total. The Hall–Kier alpha value is -1.48. The third kappa shape index (κ3) is 3.72. The number of aliphatic hydroxyl groups is 1. The number of aryl methyl sites for hydroxylation is 2. The van der Waals surface area contributed by atoms with Crippen LogP contribution in [0.3, 0.4) is 0 Å². The number of hydrogen-bond donors (Lipinski definition) is 3. The van der Waals surface area contributed by atoms with Gasteiger partial charge in [0.25, 0.3) is 0 Å². The zero-order chi connectivity index (χ0) is 18.1. The van der Waals surface area contributed by atoms with Crippen LogP contribution in [0.4, 0.5) is 32.0 Å². The monoisotopic (exact) mass is 344 g/mol. The van der Waals surface area contributed by atoms with Crippen molar-refractivity contribution in [2.75, 3.05) is 18.4 Å². The Kier molecular flexibility index (Phi) is 5.58. The van der Waals surface area contributed by atoms with E-state index in [2.05, 4.69) is 5.32 Å². The first-order valence-electron chi connectivity index (χ1n) is 6.77. The second-order valence-corrected chi connectivity index (χ2v) is 5.25. The molecule has 1 aromatic rings. The highest BCUT2D eigenvalue weighted by Gasteiger charge is 2.71. The summed E-state index contributed by atoms with van der Waals surface area (Å²) in [6, 6.07) is 1.43. The van der Waals surface area contributed by atoms with Crippen LogP contribution in [-0.2, 0) is 5.92 Å². The van der Waals surface area contributed by atoms with Crippen molar-refractivity contribution in [3.63, 3.8) is 0 Å². The molecule has 0 aliphatic rings. The van der Waals surface area contributed by atoms with Gasteiger partial charge in [-0.2, -0.15) is 26.3 Å². The summed E-state index contributed by atoms with van der Waals surface area (Å²) in [6.45, 7) is 3.63. The summed E-state index contributed by atoms with van der Waals surface area (Å²) in [6.07, 6.45) is -5.52. The number of nitrogens with one attached hydrogen (secondary N) is 1. The number of rotatable bonds is 6. The maximum absolute atomic E-state index is 13.8. The molecule has 1 rings (SSSR count). The van der Waals surface area contributed by atoms with Gasteiger partial charge >= 0.3 is 18.0 Å². The Bertz CT molecular complexity index is 534. The van der Waals surface area contributed by atoms with Crippen LogP contribution in [0, 0.1) is 13.8 Å². The van der Waals surface area contributed by atoms with E-state index in [4.69, 9.17) is 10.8 Å². The molecule has 0 amide bonds. The molecule has 9 heteroatoms. The number of halogens is 6. The molecule has 132 valence electrons. The Balaban J connectivity index is 3.24. The summed E-state index contributed by atoms with van der Waals surface area (Å²) in [5, 5.41) is 11.6. The van der Waals surface area contributed by atoms with Gasteiger partial charge in [-0.05, 0) is 50.1 Å². The fraction of sp³-hybridized carbons (Fsp3) is 0.571. The van der Waals surface area contributed by atoms with Crippen molar-refractivity contribution in [2.24, 2.45) is 5.73 Å². The van der Waals surface area contributed by atoms with Gasteiger partial charge in [-0.1, -0.05) is 0 Å². The molecule has 0 saturated carbocycles. The zero-order valence-electron chi connectivity index (χ0n) is 12.6. The molecule has 0 aliphatic heterocycles. The van der Waals surface area contributed by atoms with Crippen molar-refractivity contribution in [1.82, 2.24) is 0 Å². The van der Waals surface area contributed by atoms with Crippen LogP contribution in [0.25, 0.3) is 0 Å². The van der Waals surface area contributed by atoms with Gasteiger partial charge in [0.15, 0.2) is 0 Å². The molecule has 23 heavy (non-hydrogen) atoms. The highest BCUT2D eigenvalue weighted by Crippen LogP contribution is 2.49. The van der Waals surface area contributed by atoms with Crippen molar-refractivity contribution in [3.05, 3.63) is 28.8 Å². The number of anilines is 1. The minimum absolute atomic E-state index is 0.203. The molecule has 0 saturated heterocycles. The number of hydrogen-bond acceptors (Lipinski definition) is 3. The van der Waals surface area contributed by atoms with Crippen LogP contribution in [0.15, 0.2) is 12.1 Å². The Labute approximate surface area is 129 Å². The molecular formula is C14H18F6N2O. The van der Waals surface area contributed by atoms with E-state index in [1.165, 1.54) is 13.8 Å². The molecule has 0 spiro atoms. The standard InChI is InChI=1S/C14H18F6N2O/c1-8-6-10(7-9(2)11(8)22-5-3-4-21)12(15,16)13(17,23)14(18,19)20/h6-7,22-23H,3-5,21H2,1-2H3. The van der Waals surface area contributed by atoms with Gasteiger partial charge in [0.1, 0.15) is 0 Å². The average molecular weight is 344 g/mol. The van der Waals surface area contributed by atoms with E-state index in [-0.39, 0.29) is 11.1 Å². The lowest BCUT2D eigenvalue weighted by Crippen LogP contribution is -2.53. The average Bonchev–Trinajstić information content (AvgIpc) is 2.40. The zero-order valence-corrected chi connectivity index (χ0v) is 12.6. The summed E-state index contributed by atoms with van der Waals surface area (Å²) in [7, 11) is 0. The lowest BCUT2D eigenvalue weighted by atomic mass is 9.95. The van der Waals surface area contributed by atoms with Gasteiger partial charge in [-0.3, -0.25) is 0 Å². The van der Waals surface area contributed by atoms with Crippen LogP contribution in [-0.4, -0.2) is 30.2 Å². The van der Waals surface area contributed by atoms with E-state index in [0.717, 1.165) is 0 Å². The summed E-state index contributed by atoms with van der Waals surface area (Å²) in [4.78, 5) is 0. The van der Waals surface area contributed by atoms with E-state index in [1.807, 2.05) is 0 Å². The predicted molar refractivity (Wildman–Crippen MR) is 74.1 cm³/mol. The van der Waals surface area contributed by atoms with Gasteiger partial charge in [-0.25, -0.2) is 0 Å². The fourth-order valence-electron chi connectivity index (χ4n) is 2.11. The molecule has 0 fully saturated rings. The van der Waals surface area contributed by atoms with E-state index >= 15 is 0 Å². The van der Waals surface area contributed by atoms with Gasteiger partial charge in [-0.15, -0.1) is 0 Å². The molecule has 1 atom stereocenters. The smallest absolute Gasteiger partial charge is 0.385 e. The maximum Gasteiger partial charge on any atom is 0.455 e. The van der Waals surface area contributed by atoms with Gasteiger partial charge in [0.2, 0.25) is 0 Å². The van der Waals surface area contributed by atoms with Gasteiger partial charge < -0.3 is 16.2 Å². The Morgan fingerprint density at radius 1 is 1.04 bits per heavy atom. The van der Waals surface area contributed by atoms with E-state index in [1.54, 1.807) is 0 Å². The number of alkyl halides is 6. The summed E-state index contributed by atoms with van der Waals surface area (Å²) < 4.78 is 78.1. The van der Waals surface area contributed by atoms with Crippen molar-refractivity contribution in [1.29, 1.82) is 0 Å². The van der Waals surface area contributed by atoms with Crippen LogP contribution in [0.5, 0.6) is 0 Å². The molecule has 0 aromatic heterocycles. The molecule has 0 bridgehead atoms. The lowest BCUT2D eigenvalue weighted by molar-refractivity contribution is -0.390. The van der Waals surface area contributed by atoms with Gasteiger partial charge in [0.05, 0.1) is 0 Å². The molecule has 1 unspecified atom stereocenters. The minimum Gasteiger partial charge on any atom is -0.385 e. The van der Waals surface area contributed by atoms with Crippen molar-refractivity contribution in [2.45, 2.75) is 38.2 Å². The summed E-state index contributed by atoms with van der Waals surface area (Å²) >= 11 is 0. The fourth-order valence-corrected chi connectivity index (χ4v) is 2.11. The van der Waals surface area contributed by atoms with Gasteiger partial charge in [0, 0.05) is 17.8 Å². The third-order valence-electron chi connectivity index (χ3n) is 3.37. The second-order valence-electron chi connectivity index (χ2n) is 5.25. The van der Waals surface area contributed by atoms with Crippen LogP contribution in [0.2, 0.25) is 0 Å². The van der Waals surface area contributed by atoms with E-state index < -0.39 is 23.5 Å². The summed E-state index contributed by atoms with van der Waals surface area (Å²) in [5.74, 6) is -10.8. The molecule has 1 aromatic carbocycles. The number of benzene rings is 1. The van der Waals surface area contributed by atoms with Crippen LogP contribution in [0.1, 0.15) is 23.1 Å². The highest BCUT2D eigenvalue weighted by molar-refractivity contribution is 5.59. The predicted octanol–water partition coefficient (Wildman–Crippen LogP) is 3.38. The lowest BCUT2D eigenvalue weighted by Gasteiger charge is -2.31. The molecule has 0 radical (unpaired) electrons. The topological polar surface area (TPSA) is 58.3 Å². The number of nitrogens with two attached hydrogens (primary N) is 1. The maximum atomic E-state index is 13.8. The van der Waals surface area contributed by atoms with Crippen molar-refractivity contribution in [3.8, 4) is 0 Å². The molecular weight excluding hydrogens is 326 g/mol. The molecule has 0 aliphatic carbocycles. The summed E-state index contributed by atoms with van der Waals surface area (Å²) in [5.41, 5.74) is 4.93. The normalized spacial score (nSPS) is 15.4. The Morgan fingerprint density at radius 2 is 1.52 bits per heavy atom. The van der Waals surface area contributed by atoms with Crippen LogP contribution < -0.4 is 11.1 Å². The van der Waals surface area contributed by atoms with Crippen molar-refractivity contribution < 1.29 is 31.4 Å². The van der Waals surface area contributed by atoms with E-state index in [9.17, 15) is 26.3 Å². The Morgan fingerprint density at radius 3 is 1.91 bits per heavy atom. The van der Waals surface area contributed by atoms with Crippen molar-refractivity contribution >= 4 is 5.69 Å². The largest absolute Gasteiger partial charge is 0.455 e. The first kappa shape index (κ1) is 19.6. The second kappa shape index (κ2) is 6.56. The third-order valence-corrected chi connectivity index (χ3v) is 3.37. The van der Waals surface area contributed by atoms with Crippen LogP contribution >= 0.6 is 0 Å². The molecule has 0 heterocycles. The molecule has 3 nitrogen and oxygen atoms in total. The SMILES string of the molecule is Cc1cc(C(F)(F)C(O)(F)C(F)(F)F)cc(C)c1NCCCN. The quantitative estimate of drug-likeness (QED) is 0.548.